The van der Waals surface area contributed by atoms with Crippen molar-refractivity contribution in [3.05, 3.63) is 53.2 Å². The highest BCUT2D eigenvalue weighted by Gasteiger charge is 2.20. The minimum atomic E-state index is -0.672. The van der Waals surface area contributed by atoms with E-state index in [1.54, 1.807) is 0 Å². The highest BCUT2D eigenvalue weighted by molar-refractivity contribution is 6.11. The van der Waals surface area contributed by atoms with Gasteiger partial charge in [-0.05, 0) is 12.1 Å². The van der Waals surface area contributed by atoms with Gasteiger partial charge < -0.3 is 4.52 Å². The van der Waals surface area contributed by atoms with Crippen LogP contribution in [0.3, 0.4) is 0 Å². The molecule has 0 aliphatic rings. The molecule has 0 N–H and O–H groups in total. The molecule has 5 heteroatoms. The number of aldehydes is 1. The number of halogens is 1. The Morgan fingerprint density at radius 3 is 2.81 bits per heavy atom. The highest BCUT2D eigenvalue weighted by atomic mass is 19.1. The zero-order valence-corrected chi connectivity index (χ0v) is 8.01. The van der Waals surface area contributed by atoms with Crippen molar-refractivity contribution in [3.8, 4) is 0 Å². The largest absolute Gasteiger partial charge is 0.363 e. The highest BCUT2D eigenvalue weighted by Crippen LogP contribution is 2.14. The van der Waals surface area contributed by atoms with Crippen LogP contribution in [0, 0.1) is 5.82 Å². The summed E-state index contributed by atoms with van der Waals surface area (Å²) in [5.41, 5.74) is -0.312. The maximum absolute atomic E-state index is 13.3. The second kappa shape index (κ2) is 4.06. The number of rotatable bonds is 3. The molecule has 0 radical (unpaired) electrons. The molecule has 1 aromatic carbocycles. The lowest BCUT2D eigenvalue weighted by atomic mass is 10.1. The fourth-order valence-corrected chi connectivity index (χ4v) is 1.27. The first kappa shape index (κ1) is 10.2. The summed E-state index contributed by atoms with van der Waals surface area (Å²) < 4.78 is 17.8. The molecule has 2 aromatic rings. The van der Waals surface area contributed by atoms with Gasteiger partial charge in [0, 0.05) is 0 Å². The van der Waals surface area contributed by atoms with Gasteiger partial charge in [-0.3, -0.25) is 9.59 Å². The van der Waals surface area contributed by atoms with Crippen LogP contribution < -0.4 is 0 Å². The van der Waals surface area contributed by atoms with Gasteiger partial charge in [-0.15, -0.1) is 0 Å². The number of aromatic nitrogens is 1. The molecule has 2 rings (SSSR count). The number of nitrogens with zero attached hydrogens (tertiary/aromatic N) is 1. The molecule has 0 saturated heterocycles. The van der Waals surface area contributed by atoms with Crippen molar-refractivity contribution in [1.82, 2.24) is 5.16 Å². The van der Waals surface area contributed by atoms with Crippen molar-refractivity contribution in [2.45, 2.75) is 0 Å². The first-order valence-corrected chi connectivity index (χ1v) is 4.43. The molecule has 0 amide bonds. The molecule has 1 heterocycles. The van der Waals surface area contributed by atoms with E-state index in [1.807, 2.05) is 0 Å². The van der Waals surface area contributed by atoms with Crippen molar-refractivity contribution in [1.29, 1.82) is 0 Å². The van der Waals surface area contributed by atoms with Crippen LogP contribution in [0.4, 0.5) is 4.39 Å². The molecule has 0 fully saturated rings. The quantitative estimate of drug-likeness (QED) is 0.583. The summed E-state index contributed by atoms with van der Waals surface area (Å²) in [6.45, 7) is 0. The number of carbonyl (C=O) groups is 2. The smallest absolute Gasteiger partial charge is 0.218 e. The lowest BCUT2D eigenvalue weighted by Gasteiger charge is -1.98. The summed E-state index contributed by atoms with van der Waals surface area (Å²) >= 11 is 0. The third-order valence-corrected chi connectivity index (χ3v) is 2.06. The Bertz CT molecular complexity index is 548. The summed E-state index contributed by atoms with van der Waals surface area (Å²) in [6, 6.07) is 5.47. The Balaban J connectivity index is 2.47. The third kappa shape index (κ3) is 1.63. The molecule has 0 unspecified atom stereocenters. The summed E-state index contributed by atoms with van der Waals surface area (Å²) in [7, 11) is 0. The zero-order chi connectivity index (χ0) is 11.5. The Morgan fingerprint density at radius 2 is 2.12 bits per heavy atom. The van der Waals surface area contributed by atoms with Gasteiger partial charge in [0.05, 0.1) is 11.1 Å². The summed E-state index contributed by atoms with van der Waals surface area (Å²) in [6.07, 6.45) is 1.48. The average molecular weight is 219 g/mol. The molecular formula is C11H6FNO3. The van der Waals surface area contributed by atoms with E-state index in [4.69, 9.17) is 0 Å². The third-order valence-electron chi connectivity index (χ3n) is 2.06. The fraction of sp³-hybridized carbons (Fsp3) is 0. The number of hydrogen-bond donors (Lipinski definition) is 0. The zero-order valence-electron chi connectivity index (χ0n) is 8.01. The standard InChI is InChI=1S/C11H6FNO3/c12-9-4-2-1-3-8(9)11(15)10-7(5-14)6-16-13-10/h1-6H. The van der Waals surface area contributed by atoms with E-state index in [0.29, 0.717) is 6.29 Å². The number of carbonyl (C=O) groups excluding carboxylic acids is 2. The molecule has 4 nitrogen and oxygen atoms in total. The second-order valence-corrected chi connectivity index (χ2v) is 3.05. The molecule has 0 saturated carbocycles. The SMILES string of the molecule is O=Cc1conc1C(=O)c1ccccc1F. The first-order chi connectivity index (χ1) is 7.74. The van der Waals surface area contributed by atoms with Crippen LogP contribution in [0.15, 0.2) is 35.1 Å². The molecule has 16 heavy (non-hydrogen) atoms. The molecular weight excluding hydrogens is 213 g/mol. The molecule has 0 aliphatic heterocycles. The lowest BCUT2D eigenvalue weighted by Crippen LogP contribution is -2.06. The van der Waals surface area contributed by atoms with E-state index < -0.39 is 11.6 Å². The molecule has 1 aromatic heterocycles. The minimum Gasteiger partial charge on any atom is -0.363 e. The predicted octanol–water partition coefficient (Wildman–Crippen LogP) is 1.86. The number of benzene rings is 1. The average Bonchev–Trinajstić information content (AvgIpc) is 2.77. The van der Waals surface area contributed by atoms with Crippen molar-refractivity contribution >= 4 is 12.1 Å². The number of hydrogen-bond acceptors (Lipinski definition) is 4. The molecule has 0 bridgehead atoms. The van der Waals surface area contributed by atoms with E-state index in [9.17, 15) is 14.0 Å². The monoisotopic (exact) mass is 219 g/mol. The van der Waals surface area contributed by atoms with Crippen molar-refractivity contribution in [3.63, 3.8) is 0 Å². The van der Waals surface area contributed by atoms with Gasteiger partial charge in [-0.1, -0.05) is 17.3 Å². The van der Waals surface area contributed by atoms with E-state index in [-0.39, 0.29) is 16.8 Å². The van der Waals surface area contributed by atoms with Gasteiger partial charge in [-0.25, -0.2) is 4.39 Å². The first-order valence-electron chi connectivity index (χ1n) is 4.43. The van der Waals surface area contributed by atoms with E-state index in [0.717, 1.165) is 12.3 Å². The van der Waals surface area contributed by atoms with Gasteiger partial charge in [0.1, 0.15) is 12.1 Å². The topological polar surface area (TPSA) is 60.2 Å². The van der Waals surface area contributed by atoms with Crippen LogP contribution in [0.2, 0.25) is 0 Å². The second-order valence-electron chi connectivity index (χ2n) is 3.05. The van der Waals surface area contributed by atoms with E-state index >= 15 is 0 Å². The summed E-state index contributed by atoms with van der Waals surface area (Å²) in [5.74, 6) is -1.33. The Kier molecular flexibility index (Phi) is 2.59. The van der Waals surface area contributed by atoms with Crippen molar-refractivity contribution in [2.24, 2.45) is 0 Å². The normalized spacial score (nSPS) is 10.1. The predicted molar refractivity (Wildman–Crippen MR) is 51.7 cm³/mol. The Labute approximate surface area is 89.7 Å². The molecule has 0 spiro atoms. The van der Waals surface area contributed by atoms with Gasteiger partial charge in [0.2, 0.25) is 5.78 Å². The lowest BCUT2D eigenvalue weighted by molar-refractivity contribution is 0.101. The van der Waals surface area contributed by atoms with Crippen molar-refractivity contribution in [2.75, 3.05) is 0 Å². The molecule has 0 atom stereocenters. The maximum Gasteiger partial charge on any atom is 0.218 e. The molecule has 80 valence electrons. The van der Waals surface area contributed by atoms with Gasteiger partial charge in [0.15, 0.2) is 12.0 Å². The van der Waals surface area contributed by atoms with Gasteiger partial charge >= 0.3 is 0 Å². The van der Waals surface area contributed by atoms with Crippen LogP contribution in [0.1, 0.15) is 26.4 Å². The van der Waals surface area contributed by atoms with Crippen LogP contribution in [-0.2, 0) is 0 Å². The van der Waals surface area contributed by atoms with Crippen LogP contribution in [0.25, 0.3) is 0 Å². The fourth-order valence-electron chi connectivity index (χ4n) is 1.27. The summed E-state index contributed by atoms with van der Waals surface area (Å²) in [4.78, 5) is 22.3. The molecule has 0 aliphatic carbocycles. The minimum absolute atomic E-state index is 0.00764. The summed E-state index contributed by atoms with van der Waals surface area (Å²) in [5, 5.41) is 3.38. The van der Waals surface area contributed by atoms with Crippen LogP contribution in [0.5, 0.6) is 0 Å². The Hall–Kier alpha value is -2.30. The van der Waals surface area contributed by atoms with Crippen LogP contribution in [-0.4, -0.2) is 17.2 Å². The van der Waals surface area contributed by atoms with Gasteiger partial charge in [0.25, 0.3) is 0 Å². The number of ketones is 1. The van der Waals surface area contributed by atoms with E-state index in [2.05, 4.69) is 9.68 Å². The maximum atomic E-state index is 13.3. The van der Waals surface area contributed by atoms with Crippen molar-refractivity contribution < 1.29 is 18.5 Å². The Morgan fingerprint density at radius 1 is 1.38 bits per heavy atom. The van der Waals surface area contributed by atoms with E-state index in [1.165, 1.54) is 18.2 Å². The van der Waals surface area contributed by atoms with Gasteiger partial charge in [-0.2, -0.15) is 0 Å². The van der Waals surface area contributed by atoms with Crippen LogP contribution >= 0.6 is 0 Å².